The summed E-state index contributed by atoms with van der Waals surface area (Å²) in [6.45, 7) is 6.45. The molecule has 7 heteroatoms. The van der Waals surface area contributed by atoms with Crippen LogP contribution < -0.4 is 10.6 Å². The second-order valence-corrected chi connectivity index (χ2v) is 7.89. The lowest BCUT2D eigenvalue weighted by atomic mass is 9.91. The van der Waals surface area contributed by atoms with Crippen molar-refractivity contribution in [1.82, 2.24) is 15.5 Å². The number of thioether (sulfide) groups is 1. The number of nitrogens with zero attached hydrogens (tertiary/aromatic N) is 1. The van der Waals surface area contributed by atoms with Gasteiger partial charge in [-0.15, -0.1) is 0 Å². The number of carbonyl (C=O) groups is 2. The van der Waals surface area contributed by atoms with Crippen molar-refractivity contribution in [3.8, 4) is 0 Å². The first kappa shape index (κ1) is 18.8. The highest BCUT2D eigenvalue weighted by Crippen LogP contribution is 2.30. The van der Waals surface area contributed by atoms with Gasteiger partial charge in [0.2, 0.25) is 0 Å². The van der Waals surface area contributed by atoms with E-state index in [1.165, 1.54) is 7.11 Å². The van der Waals surface area contributed by atoms with Crippen LogP contribution in [-0.4, -0.2) is 55.2 Å². The Morgan fingerprint density at radius 3 is 2.69 bits per heavy atom. The summed E-state index contributed by atoms with van der Waals surface area (Å²) in [4.78, 5) is 27.2. The number of methoxy groups -OCH3 is 1. The van der Waals surface area contributed by atoms with Gasteiger partial charge in [0.15, 0.2) is 0 Å². The van der Waals surface area contributed by atoms with Gasteiger partial charge in [-0.2, -0.15) is 11.8 Å². The number of hydrogen-bond donors (Lipinski definition) is 2. The second-order valence-electron chi connectivity index (χ2n) is 6.66. The number of urea groups is 1. The quantitative estimate of drug-likeness (QED) is 0.789. The van der Waals surface area contributed by atoms with Crippen LogP contribution in [0.4, 0.5) is 4.79 Å². The van der Waals surface area contributed by atoms with Gasteiger partial charge in [0.1, 0.15) is 0 Å². The number of benzene rings is 1. The number of carbonyl (C=O) groups excluding carboxylic acids is 2. The summed E-state index contributed by atoms with van der Waals surface area (Å²) in [7, 11) is 1.37. The van der Waals surface area contributed by atoms with Crippen molar-refractivity contribution in [2.75, 3.05) is 38.2 Å². The molecule has 1 saturated heterocycles. The minimum absolute atomic E-state index is 0.288. The van der Waals surface area contributed by atoms with Gasteiger partial charge in [-0.3, -0.25) is 4.90 Å². The van der Waals surface area contributed by atoms with E-state index >= 15 is 0 Å². The Hall–Kier alpha value is -1.99. The highest BCUT2D eigenvalue weighted by Gasteiger charge is 2.34. The van der Waals surface area contributed by atoms with E-state index in [1.54, 1.807) is 0 Å². The molecule has 0 bridgehead atoms. The Kier molecular flexibility index (Phi) is 5.88. The SMILES string of the molecule is COC(=O)C1=C(CN2CCSCC2)NC(=O)NC1c1ccc(C)cc1C. The lowest BCUT2D eigenvalue weighted by molar-refractivity contribution is -0.136. The molecule has 0 aromatic heterocycles. The van der Waals surface area contributed by atoms with Crippen LogP contribution in [-0.2, 0) is 9.53 Å². The molecule has 2 N–H and O–H groups in total. The molecule has 0 spiro atoms. The van der Waals surface area contributed by atoms with Crippen molar-refractivity contribution in [3.05, 3.63) is 46.2 Å². The summed E-state index contributed by atoms with van der Waals surface area (Å²) < 4.78 is 5.05. The van der Waals surface area contributed by atoms with Gasteiger partial charge in [0, 0.05) is 36.8 Å². The van der Waals surface area contributed by atoms with E-state index in [4.69, 9.17) is 4.74 Å². The molecule has 140 valence electrons. The monoisotopic (exact) mass is 375 g/mol. The predicted molar refractivity (Wildman–Crippen MR) is 103 cm³/mol. The maximum atomic E-state index is 12.6. The molecule has 0 aliphatic carbocycles. The van der Waals surface area contributed by atoms with E-state index in [0.717, 1.165) is 41.3 Å². The zero-order valence-corrected chi connectivity index (χ0v) is 16.2. The molecule has 2 aliphatic rings. The Labute approximate surface area is 158 Å². The van der Waals surface area contributed by atoms with E-state index in [-0.39, 0.29) is 6.03 Å². The fourth-order valence-electron chi connectivity index (χ4n) is 3.46. The molecule has 1 unspecified atom stereocenters. The molecule has 26 heavy (non-hydrogen) atoms. The zero-order valence-electron chi connectivity index (χ0n) is 15.4. The maximum Gasteiger partial charge on any atom is 0.338 e. The number of esters is 1. The predicted octanol–water partition coefficient (Wildman–Crippen LogP) is 2.13. The standard InChI is InChI=1S/C19H25N3O3S/c1-12-4-5-14(13(2)10-12)17-16(18(23)25-3)15(20-19(24)21-17)11-22-6-8-26-9-7-22/h4-5,10,17H,6-9,11H2,1-3H3,(H2,20,21,24). The number of aryl methyl sites for hydroxylation is 2. The summed E-state index contributed by atoms with van der Waals surface area (Å²) in [6, 6.07) is 5.22. The van der Waals surface area contributed by atoms with Gasteiger partial charge < -0.3 is 15.4 Å². The van der Waals surface area contributed by atoms with Crippen LogP contribution >= 0.6 is 11.8 Å². The lowest BCUT2D eigenvalue weighted by Crippen LogP contribution is -2.49. The van der Waals surface area contributed by atoms with Crippen LogP contribution in [0.2, 0.25) is 0 Å². The molecular weight excluding hydrogens is 350 g/mol. The third kappa shape index (κ3) is 4.04. The average molecular weight is 375 g/mol. The highest BCUT2D eigenvalue weighted by molar-refractivity contribution is 7.99. The summed E-state index contributed by atoms with van der Waals surface area (Å²) >= 11 is 1.92. The lowest BCUT2D eigenvalue weighted by Gasteiger charge is -2.33. The van der Waals surface area contributed by atoms with E-state index in [1.807, 2.05) is 37.7 Å². The third-order valence-electron chi connectivity index (χ3n) is 4.78. The molecule has 2 amide bonds. The first-order valence-corrected chi connectivity index (χ1v) is 9.91. The van der Waals surface area contributed by atoms with Crippen molar-refractivity contribution in [2.24, 2.45) is 0 Å². The molecule has 2 heterocycles. The summed E-state index contributed by atoms with van der Waals surface area (Å²) in [5.41, 5.74) is 4.21. The minimum atomic E-state index is -0.508. The van der Waals surface area contributed by atoms with Crippen LogP contribution in [0.3, 0.4) is 0 Å². The molecule has 1 fully saturated rings. The number of ether oxygens (including phenoxy) is 1. The fraction of sp³-hybridized carbons (Fsp3) is 0.474. The molecule has 1 atom stereocenters. The Morgan fingerprint density at radius 1 is 1.31 bits per heavy atom. The number of nitrogens with one attached hydrogen (secondary N) is 2. The van der Waals surface area contributed by atoms with Crippen LogP contribution in [0.15, 0.2) is 29.5 Å². The van der Waals surface area contributed by atoms with Crippen LogP contribution in [0, 0.1) is 13.8 Å². The van der Waals surface area contributed by atoms with Crippen molar-refractivity contribution in [1.29, 1.82) is 0 Å². The normalized spacial score (nSPS) is 21.2. The molecule has 6 nitrogen and oxygen atoms in total. The van der Waals surface area contributed by atoms with Gasteiger partial charge in [-0.1, -0.05) is 23.8 Å². The van der Waals surface area contributed by atoms with E-state index in [0.29, 0.717) is 17.8 Å². The molecule has 3 rings (SSSR count). The van der Waals surface area contributed by atoms with Crippen LogP contribution in [0.1, 0.15) is 22.7 Å². The summed E-state index contributed by atoms with van der Waals surface area (Å²) in [6.07, 6.45) is 0. The van der Waals surface area contributed by atoms with Crippen molar-refractivity contribution >= 4 is 23.8 Å². The van der Waals surface area contributed by atoms with Crippen molar-refractivity contribution < 1.29 is 14.3 Å². The topological polar surface area (TPSA) is 70.7 Å². The summed E-state index contributed by atoms with van der Waals surface area (Å²) in [5.74, 6) is 1.71. The van der Waals surface area contributed by atoms with Gasteiger partial charge in [-0.05, 0) is 25.0 Å². The zero-order chi connectivity index (χ0) is 18.7. The number of amides is 2. The molecule has 1 aromatic carbocycles. The molecule has 0 saturated carbocycles. The Morgan fingerprint density at radius 2 is 2.04 bits per heavy atom. The van der Waals surface area contributed by atoms with Gasteiger partial charge >= 0.3 is 12.0 Å². The highest BCUT2D eigenvalue weighted by atomic mass is 32.2. The average Bonchev–Trinajstić information content (AvgIpc) is 2.61. The van der Waals surface area contributed by atoms with Gasteiger partial charge in [0.05, 0.1) is 18.7 Å². The minimum Gasteiger partial charge on any atom is -0.466 e. The molecular formula is C19H25N3O3S. The first-order valence-electron chi connectivity index (χ1n) is 8.75. The third-order valence-corrected chi connectivity index (χ3v) is 5.72. The van der Waals surface area contributed by atoms with Gasteiger partial charge in [-0.25, -0.2) is 9.59 Å². The summed E-state index contributed by atoms with van der Waals surface area (Å²) in [5, 5.41) is 5.73. The number of hydrogen-bond acceptors (Lipinski definition) is 5. The molecule has 2 aliphatic heterocycles. The smallest absolute Gasteiger partial charge is 0.338 e. The molecule has 1 aromatic rings. The fourth-order valence-corrected chi connectivity index (χ4v) is 4.44. The van der Waals surface area contributed by atoms with Crippen molar-refractivity contribution in [2.45, 2.75) is 19.9 Å². The first-order chi connectivity index (χ1) is 12.5. The largest absolute Gasteiger partial charge is 0.466 e. The second kappa shape index (κ2) is 8.14. The van der Waals surface area contributed by atoms with Crippen molar-refractivity contribution in [3.63, 3.8) is 0 Å². The number of rotatable bonds is 4. The van der Waals surface area contributed by atoms with Gasteiger partial charge in [0.25, 0.3) is 0 Å². The molecule has 0 radical (unpaired) electrons. The van der Waals surface area contributed by atoms with Crippen LogP contribution in [0.5, 0.6) is 0 Å². The Balaban J connectivity index is 2.01. The Bertz CT molecular complexity index is 742. The van der Waals surface area contributed by atoms with E-state index in [2.05, 4.69) is 21.6 Å². The maximum absolute atomic E-state index is 12.6. The van der Waals surface area contributed by atoms with Crippen LogP contribution in [0.25, 0.3) is 0 Å². The van der Waals surface area contributed by atoms with E-state index in [9.17, 15) is 9.59 Å². The van der Waals surface area contributed by atoms with E-state index < -0.39 is 12.0 Å².